The van der Waals surface area contributed by atoms with Crippen LogP contribution in [-0.4, -0.2) is 58.3 Å². The van der Waals surface area contributed by atoms with Crippen LogP contribution in [0, 0.1) is 11.7 Å². The van der Waals surface area contributed by atoms with Crippen molar-refractivity contribution in [1.82, 2.24) is 15.5 Å². The highest BCUT2D eigenvalue weighted by Crippen LogP contribution is 2.16. The average Bonchev–Trinajstić information content (AvgIpc) is 2.65. The highest BCUT2D eigenvalue weighted by Gasteiger charge is 2.14. The summed E-state index contributed by atoms with van der Waals surface area (Å²) in [4.78, 5) is 7.07. The monoisotopic (exact) mass is 426 g/mol. The van der Waals surface area contributed by atoms with Crippen molar-refractivity contribution in [3.8, 4) is 0 Å². The molecule has 1 aliphatic heterocycles. The molecule has 1 atom stereocenters. The number of guanidine groups is 1. The number of piperidine rings is 1. The Morgan fingerprint density at radius 1 is 1.21 bits per heavy atom. The first-order valence-corrected chi connectivity index (χ1v) is 12.5. The van der Waals surface area contributed by atoms with Gasteiger partial charge < -0.3 is 15.5 Å². The quantitative estimate of drug-likeness (QED) is 0.469. The fourth-order valence-corrected chi connectivity index (χ4v) is 4.44. The van der Waals surface area contributed by atoms with E-state index in [0.29, 0.717) is 29.5 Å². The maximum Gasteiger partial charge on any atom is 0.191 e. The molecule has 164 valence electrons. The molecule has 6 nitrogen and oxygen atoms in total. The Morgan fingerprint density at radius 3 is 2.59 bits per heavy atom. The number of aliphatic imine (C=N–C) groups is 1. The second-order valence-electron chi connectivity index (χ2n) is 8.03. The van der Waals surface area contributed by atoms with Gasteiger partial charge in [0.15, 0.2) is 15.8 Å². The summed E-state index contributed by atoms with van der Waals surface area (Å²) in [6.45, 7) is 9.37. The van der Waals surface area contributed by atoms with E-state index < -0.39 is 9.84 Å². The molecule has 29 heavy (non-hydrogen) atoms. The summed E-state index contributed by atoms with van der Waals surface area (Å²) in [5.41, 5.74) is 1.18. The molecular weight excluding hydrogens is 391 g/mol. The summed E-state index contributed by atoms with van der Waals surface area (Å²) in [6.07, 6.45) is 5.09. The number of halogens is 1. The lowest BCUT2D eigenvalue weighted by molar-refractivity contribution is 0.201. The van der Waals surface area contributed by atoms with Gasteiger partial charge in [-0.3, -0.25) is 0 Å². The molecule has 2 rings (SSSR count). The zero-order chi connectivity index (χ0) is 21.3. The smallest absolute Gasteiger partial charge is 0.191 e. The van der Waals surface area contributed by atoms with Gasteiger partial charge in [0, 0.05) is 25.9 Å². The van der Waals surface area contributed by atoms with Crippen LogP contribution in [0.15, 0.2) is 23.2 Å². The first-order chi connectivity index (χ1) is 13.8. The molecule has 0 aliphatic carbocycles. The van der Waals surface area contributed by atoms with E-state index >= 15 is 0 Å². The van der Waals surface area contributed by atoms with E-state index in [0.717, 1.165) is 13.1 Å². The van der Waals surface area contributed by atoms with E-state index in [-0.39, 0.29) is 18.1 Å². The van der Waals surface area contributed by atoms with Crippen molar-refractivity contribution in [1.29, 1.82) is 0 Å². The minimum Gasteiger partial charge on any atom is -0.357 e. The van der Waals surface area contributed by atoms with Crippen LogP contribution in [0.4, 0.5) is 4.39 Å². The van der Waals surface area contributed by atoms with Gasteiger partial charge in [-0.2, -0.15) is 0 Å². The van der Waals surface area contributed by atoms with E-state index in [1.165, 1.54) is 56.8 Å². The van der Waals surface area contributed by atoms with Crippen molar-refractivity contribution in [2.24, 2.45) is 10.9 Å². The second-order valence-corrected chi connectivity index (χ2v) is 10.2. The zero-order valence-corrected chi connectivity index (χ0v) is 18.7. The largest absolute Gasteiger partial charge is 0.357 e. The Labute approximate surface area is 174 Å². The predicted octanol–water partition coefficient (Wildman–Crippen LogP) is 2.55. The lowest BCUT2D eigenvalue weighted by atomic mass is 10.1. The SMILES string of the molecule is CCNC(=NCc1cc(F)ccc1CS(C)(=O)=O)NCC(C)CN1CCCCC1. The molecule has 1 aromatic rings. The summed E-state index contributed by atoms with van der Waals surface area (Å²) in [7, 11) is -3.20. The zero-order valence-electron chi connectivity index (χ0n) is 17.9. The molecule has 0 saturated carbocycles. The minimum atomic E-state index is -3.20. The number of likely N-dealkylation sites (tertiary alicyclic amines) is 1. The summed E-state index contributed by atoms with van der Waals surface area (Å²) in [5, 5.41) is 6.57. The van der Waals surface area contributed by atoms with Gasteiger partial charge in [0.1, 0.15) is 5.82 Å². The lowest BCUT2D eigenvalue weighted by Gasteiger charge is -2.29. The molecule has 1 fully saturated rings. The maximum atomic E-state index is 13.7. The third-order valence-corrected chi connectivity index (χ3v) is 5.81. The van der Waals surface area contributed by atoms with Crippen molar-refractivity contribution < 1.29 is 12.8 Å². The number of nitrogens with zero attached hydrogens (tertiary/aromatic N) is 2. The van der Waals surface area contributed by atoms with Crippen molar-refractivity contribution in [2.45, 2.75) is 45.4 Å². The van der Waals surface area contributed by atoms with Gasteiger partial charge in [-0.15, -0.1) is 0 Å². The fourth-order valence-electron chi connectivity index (χ4n) is 3.59. The van der Waals surface area contributed by atoms with Crippen LogP contribution in [0.2, 0.25) is 0 Å². The van der Waals surface area contributed by atoms with Gasteiger partial charge in [-0.05, 0) is 62.0 Å². The summed E-state index contributed by atoms with van der Waals surface area (Å²) in [5.74, 6) is 0.634. The standard InChI is InChI=1S/C21H35FN4O2S/c1-4-23-21(24-13-17(2)15-26-10-6-5-7-11-26)25-14-19-12-20(22)9-8-18(19)16-29(3,27)28/h8-9,12,17H,4-7,10-11,13-16H2,1-3H3,(H2,23,24,25). The number of rotatable bonds is 9. The first kappa shape index (κ1) is 23.6. The van der Waals surface area contributed by atoms with Crippen molar-refractivity contribution in [3.05, 3.63) is 35.1 Å². The minimum absolute atomic E-state index is 0.116. The molecule has 0 bridgehead atoms. The second kappa shape index (κ2) is 11.5. The Kier molecular flexibility index (Phi) is 9.36. The van der Waals surface area contributed by atoms with E-state index in [1.54, 1.807) is 0 Å². The van der Waals surface area contributed by atoms with Crippen LogP contribution in [-0.2, 0) is 22.1 Å². The number of nitrogens with one attached hydrogen (secondary N) is 2. The number of sulfone groups is 1. The van der Waals surface area contributed by atoms with Crippen LogP contribution in [0.5, 0.6) is 0 Å². The molecule has 0 aromatic heterocycles. The van der Waals surface area contributed by atoms with E-state index in [2.05, 4.69) is 27.4 Å². The van der Waals surface area contributed by atoms with Crippen LogP contribution in [0.25, 0.3) is 0 Å². The van der Waals surface area contributed by atoms with E-state index in [9.17, 15) is 12.8 Å². The molecule has 8 heteroatoms. The Bertz CT molecular complexity index is 777. The molecule has 1 unspecified atom stereocenters. The van der Waals surface area contributed by atoms with E-state index in [4.69, 9.17) is 0 Å². The molecule has 0 radical (unpaired) electrons. The molecule has 1 saturated heterocycles. The normalized spacial score (nSPS) is 17.2. The predicted molar refractivity (Wildman–Crippen MR) is 117 cm³/mol. The Morgan fingerprint density at radius 2 is 1.93 bits per heavy atom. The molecule has 1 aromatic carbocycles. The average molecular weight is 427 g/mol. The van der Waals surface area contributed by atoms with Gasteiger partial charge in [0.25, 0.3) is 0 Å². The molecule has 1 heterocycles. The molecule has 1 aliphatic rings. The van der Waals surface area contributed by atoms with Crippen LogP contribution in [0.1, 0.15) is 44.2 Å². The van der Waals surface area contributed by atoms with Crippen molar-refractivity contribution >= 4 is 15.8 Å². The third kappa shape index (κ3) is 9.12. The third-order valence-electron chi connectivity index (χ3n) is 4.97. The molecule has 0 amide bonds. The fraction of sp³-hybridized carbons (Fsp3) is 0.667. The van der Waals surface area contributed by atoms with Gasteiger partial charge in [-0.1, -0.05) is 19.4 Å². The molecular formula is C21H35FN4O2S. The summed E-state index contributed by atoms with van der Waals surface area (Å²) in [6, 6.07) is 4.19. The number of hydrogen-bond acceptors (Lipinski definition) is 4. The molecule has 0 spiro atoms. The van der Waals surface area contributed by atoms with Crippen LogP contribution >= 0.6 is 0 Å². The van der Waals surface area contributed by atoms with Gasteiger partial charge >= 0.3 is 0 Å². The van der Waals surface area contributed by atoms with Gasteiger partial charge in [0.2, 0.25) is 0 Å². The molecule has 2 N–H and O–H groups in total. The van der Waals surface area contributed by atoms with Gasteiger partial charge in [0.05, 0.1) is 12.3 Å². The number of benzene rings is 1. The first-order valence-electron chi connectivity index (χ1n) is 10.5. The highest BCUT2D eigenvalue weighted by atomic mass is 32.2. The summed E-state index contributed by atoms with van der Waals surface area (Å²) >= 11 is 0. The van der Waals surface area contributed by atoms with Crippen molar-refractivity contribution in [2.75, 3.05) is 39.0 Å². The maximum absolute atomic E-state index is 13.7. The Hall–Kier alpha value is -1.67. The van der Waals surface area contributed by atoms with Crippen LogP contribution in [0.3, 0.4) is 0 Å². The van der Waals surface area contributed by atoms with E-state index in [1.807, 2.05) is 6.92 Å². The topological polar surface area (TPSA) is 73.8 Å². The highest BCUT2D eigenvalue weighted by molar-refractivity contribution is 7.89. The van der Waals surface area contributed by atoms with Crippen molar-refractivity contribution in [3.63, 3.8) is 0 Å². The Balaban J connectivity index is 1.98. The summed E-state index contributed by atoms with van der Waals surface area (Å²) < 4.78 is 37.0. The lowest BCUT2D eigenvalue weighted by Crippen LogP contribution is -2.42. The van der Waals surface area contributed by atoms with Gasteiger partial charge in [-0.25, -0.2) is 17.8 Å². The van der Waals surface area contributed by atoms with Crippen LogP contribution < -0.4 is 10.6 Å². The number of hydrogen-bond donors (Lipinski definition) is 2.